The second-order valence-corrected chi connectivity index (χ2v) is 6.42. The maximum absolute atomic E-state index is 13.7. The highest BCUT2D eigenvalue weighted by Gasteiger charge is 2.37. The fourth-order valence-electron chi connectivity index (χ4n) is 2.25. The Kier molecular flexibility index (Phi) is 5.21. The molecule has 2 amide bonds. The number of anilines is 2. The van der Waals surface area contributed by atoms with Crippen molar-refractivity contribution in [3.8, 4) is 0 Å². The number of para-hydroxylation sites is 1. The Morgan fingerprint density at radius 3 is 2.04 bits per heavy atom. The molecule has 0 bridgehead atoms. The summed E-state index contributed by atoms with van der Waals surface area (Å²) in [5, 5.41) is 5.09. The highest BCUT2D eigenvalue weighted by atomic mass is 19.1. The summed E-state index contributed by atoms with van der Waals surface area (Å²) in [6.45, 7) is 6.58. The van der Waals surface area contributed by atoms with Gasteiger partial charge in [0.05, 0.1) is 5.69 Å². The Morgan fingerprint density at radius 2 is 1.48 bits per heavy atom. The zero-order valence-corrected chi connectivity index (χ0v) is 14.5. The molecule has 0 saturated heterocycles. The van der Waals surface area contributed by atoms with Crippen LogP contribution in [-0.2, 0) is 9.59 Å². The molecular formula is C19H20F2N2O2. The smallest absolute Gasteiger partial charge is 0.239 e. The van der Waals surface area contributed by atoms with Crippen LogP contribution in [0.25, 0.3) is 0 Å². The van der Waals surface area contributed by atoms with Crippen LogP contribution in [0.15, 0.2) is 36.4 Å². The molecule has 0 aliphatic carbocycles. The minimum atomic E-state index is -1.46. The minimum absolute atomic E-state index is 0.181. The van der Waals surface area contributed by atoms with Crippen molar-refractivity contribution in [2.45, 2.75) is 27.7 Å². The average molecular weight is 346 g/mol. The molecule has 0 spiro atoms. The minimum Gasteiger partial charge on any atom is -0.325 e. The summed E-state index contributed by atoms with van der Waals surface area (Å²) < 4.78 is 26.6. The van der Waals surface area contributed by atoms with Crippen molar-refractivity contribution in [1.82, 2.24) is 0 Å². The third-order valence-corrected chi connectivity index (χ3v) is 4.03. The Hall–Kier alpha value is -2.76. The second kappa shape index (κ2) is 7.01. The van der Waals surface area contributed by atoms with Crippen molar-refractivity contribution >= 4 is 23.2 Å². The van der Waals surface area contributed by atoms with E-state index in [1.54, 1.807) is 0 Å². The summed E-state index contributed by atoms with van der Waals surface area (Å²) in [7, 11) is 0. The third kappa shape index (κ3) is 4.02. The molecule has 2 aromatic rings. The SMILES string of the molecule is Cc1cccc(C)c1NC(=O)C(C)(C)C(=O)Nc1ccc(F)cc1F. The van der Waals surface area contributed by atoms with Crippen LogP contribution in [0.5, 0.6) is 0 Å². The largest absolute Gasteiger partial charge is 0.325 e. The van der Waals surface area contributed by atoms with Gasteiger partial charge in [-0.3, -0.25) is 9.59 Å². The predicted octanol–water partition coefficient (Wildman–Crippen LogP) is 4.19. The van der Waals surface area contributed by atoms with Gasteiger partial charge in [-0.1, -0.05) is 18.2 Å². The van der Waals surface area contributed by atoms with Crippen LogP contribution in [0.4, 0.5) is 20.2 Å². The Balaban J connectivity index is 2.18. The molecule has 132 valence electrons. The highest BCUT2D eigenvalue weighted by Crippen LogP contribution is 2.26. The van der Waals surface area contributed by atoms with E-state index in [1.165, 1.54) is 13.8 Å². The Morgan fingerprint density at radius 1 is 0.920 bits per heavy atom. The summed E-state index contributed by atoms with van der Waals surface area (Å²) in [6, 6.07) is 8.38. The fourth-order valence-corrected chi connectivity index (χ4v) is 2.25. The number of hydrogen-bond donors (Lipinski definition) is 2. The number of rotatable bonds is 4. The lowest BCUT2D eigenvalue weighted by Crippen LogP contribution is -2.42. The van der Waals surface area contributed by atoms with Gasteiger partial charge in [-0.05, 0) is 51.0 Å². The number of amides is 2. The summed E-state index contributed by atoms with van der Waals surface area (Å²) in [6.07, 6.45) is 0. The van der Waals surface area contributed by atoms with Gasteiger partial charge in [0.2, 0.25) is 11.8 Å². The van der Waals surface area contributed by atoms with Crippen molar-refractivity contribution in [1.29, 1.82) is 0 Å². The summed E-state index contributed by atoms with van der Waals surface area (Å²) in [5.41, 5.74) is 0.735. The first-order valence-corrected chi connectivity index (χ1v) is 7.77. The van der Waals surface area contributed by atoms with Crippen LogP contribution >= 0.6 is 0 Å². The van der Waals surface area contributed by atoms with E-state index in [0.717, 1.165) is 23.3 Å². The molecule has 0 fully saturated rings. The standard InChI is InChI=1S/C19H20F2N2O2/c1-11-6-5-7-12(2)16(11)23-18(25)19(3,4)17(24)22-15-9-8-13(20)10-14(15)21/h5-10H,1-4H3,(H,22,24)(H,23,25). The molecular weight excluding hydrogens is 326 g/mol. The van der Waals surface area contributed by atoms with Crippen molar-refractivity contribution in [2.75, 3.05) is 10.6 Å². The number of halogens is 2. The molecule has 0 aliphatic rings. The number of benzene rings is 2. The maximum atomic E-state index is 13.7. The zero-order chi connectivity index (χ0) is 18.8. The number of hydrogen-bond acceptors (Lipinski definition) is 2. The monoisotopic (exact) mass is 346 g/mol. The van der Waals surface area contributed by atoms with E-state index in [4.69, 9.17) is 0 Å². The summed E-state index contributed by atoms with van der Waals surface area (Å²) >= 11 is 0. The van der Waals surface area contributed by atoms with Gasteiger partial charge in [-0.2, -0.15) is 0 Å². The lowest BCUT2D eigenvalue weighted by Gasteiger charge is -2.24. The molecule has 0 atom stereocenters. The van der Waals surface area contributed by atoms with Gasteiger partial charge in [-0.15, -0.1) is 0 Å². The van der Waals surface area contributed by atoms with E-state index >= 15 is 0 Å². The lowest BCUT2D eigenvalue weighted by molar-refractivity contribution is -0.135. The van der Waals surface area contributed by atoms with Gasteiger partial charge < -0.3 is 10.6 Å². The zero-order valence-electron chi connectivity index (χ0n) is 14.5. The molecule has 4 nitrogen and oxygen atoms in total. The van der Waals surface area contributed by atoms with Crippen molar-refractivity contribution < 1.29 is 18.4 Å². The molecule has 2 N–H and O–H groups in total. The quantitative estimate of drug-likeness (QED) is 0.816. The molecule has 0 unspecified atom stereocenters. The topological polar surface area (TPSA) is 58.2 Å². The maximum Gasteiger partial charge on any atom is 0.239 e. The van der Waals surface area contributed by atoms with E-state index < -0.39 is 28.9 Å². The van der Waals surface area contributed by atoms with E-state index in [2.05, 4.69) is 10.6 Å². The highest BCUT2D eigenvalue weighted by molar-refractivity contribution is 6.14. The van der Waals surface area contributed by atoms with Crippen LogP contribution in [0.3, 0.4) is 0 Å². The van der Waals surface area contributed by atoms with E-state index in [9.17, 15) is 18.4 Å². The van der Waals surface area contributed by atoms with Crippen LogP contribution in [0, 0.1) is 30.9 Å². The molecule has 2 rings (SSSR count). The predicted molar refractivity (Wildman–Crippen MR) is 93.3 cm³/mol. The number of carbonyl (C=O) groups excluding carboxylic acids is 2. The van der Waals surface area contributed by atoms with Crippen LogP contribution in [0.2, 0.25) is 0 Å². The molecule has 0 saturated carbocycles. The molecule has 0 aliphatic heterocycles. The summed E-state index contributed by atoms with van der Waals surface area (Å²) in [5.74, 6) is -2.87. The van der Waals surface area contributed by atoms with Gasteiger partial charge in [0.15, 0.2) is 0 Å². The van der Waals surface area contributed by atoms with Gasteiger partial charge >= 0.3 is 0 Å². The number of carbonyl (C=O) groups is 2. The molecule has 6 heteroatoms. The Labute approximate surface area is 145 Å². The van der Waals surface area contributed by atoms with Gasteiger partial charge in [-0.25, -0.2) is 8.78 Å². The van der Waals surface area contributed by atoms with Crippen molar-refractivity contribution in [3.05, 3.63) is 59.2 Å². The molecule has 0 aromatic heterocycles. The van der Waals surface area contributed by atoms with Gasteiger partial charge in [0, 0.05) is 11.8 Å². The molecule has 2 aromatic carbocycles. The first kappa shape index (κ1) is 18.6. The first-order valence-electron chi connectivity index (χ1n) is 7.77. The molecule has 0 radical (unpaired) electrons. The molecule has 0 heterocycles. The van der Waals surface area contributed by atoms with Crippen LogP contribution in [-0.4, -0.2) is 11.8 Å². The van der Waals surface area contributed by atoms with Gasteiger partial charge in [0.25, 0.3) is 0 Å². The lowest BCUT2D eigenvalue weighted by atomic mass is 9.90. The van der Waals surface area contributed by atoms with E-state index in [-0.39, 0.29) is 5.69 Å². The van der Waals surface area contributed by atoms with Crippen molar-refractivity contribution in [2.24, 2.45) is 5.41 Å². The van der Waals surface area contributed by atoms with Crippen LogP contribution in [0.1, 0.15) is 25.0 Å². The summed E-state index contributed by atoms with van der Waals surface area (Å²) in [4.78, 5) is 25.0. The third-order valence-electron chi connectivity index (χ3n) is 4.03. The number of nitrogens with one attached hydrogen (secondary N) is 2. The fraction of sp³-hybridized carbons (Fsp3) is 0.263. The van der Waals surface area contributed by atoms with E-state index in [1.807, 2.05) is 32.0 Å². The Bertz CT molecular complexity index is 812. The van der Waals surface area contributed by atoms with E-state index in [0.29, 0.717) is 11.8 Å². The van der Waals surface area contributed by atoms with Crippen LogP contribution < -0.4 is 10.6 Å². The van der Waals surface area contributed by atoms with Crippen molar-refractivity contribution in [3.63, 3.8) is 0 Å². The first-order chi connectivity index (χ1) is 11.6. The van der Waals surface area contributed by atoms with Gasteiger partial charge in [0.1, 0.15) is 17.0 Å². The second-order valence-electron chi connectivity index (χ2n) is 6.42. The normalized spacial score (nSPS) is 11.1. The molecule has 25 heavy (non-hydrogen) atoms. The number of aryl methyl sites for hydroxylation is 2. The average Bonchev–Trinajstić information content (AvgIpc) is 2.53.